The predicted octanol–water partition coefficient (Wildman–Crippen LogP) is 2.70. The lowest BCUT2D eigenvalue weighted by atomic mass is 10.0. The number of Topliss-reactive ketones (excluding diaryl/α,β-unsaturated/α-hetero) is 1. The molecule has 2 heterocycles. The van der Waals surface area contributed by atoms with E-state index in [-0.39, 0.29) is 5.78 Å². The molecule has 0 unspecified atom stereocenters. The van der Waals surface area contributed by atoms with Crippen LogP contribution in [0.4, 0.5) is 0 Å². The summed E-state index contributed by atoms with van der Waals surface area (Å²) < 4.78 is 1.72. The van der Waals surface area contributed by atoms with Crippen molar-refractivity contribution >= 4 is 16.7 Å². The van der Waals surface area contributed by atoms with Crippen LogP contribution in [0.15, 0.2) is 42.7 Å². The van der Waals surface area contributed by atoms with Crippen molar-refractivity contribution in [3.05, 3.63) is 59.5 Å². The van der Waals surface area contributed by atoms with Gasteiger partial charge in [0.15, 0.2) is 5.78 Å². The molecule has 100 valence electrons. The monoisotopic (exact) mass is 265 g/mol. The number of hydrogen-bond donors (Lipinski definition) is 0. The number of carbonyl (C=O) groups excluding carboxylic acids is 1. The zero-order valence-electron chi connectivity index (χ0n) is 11.5. The van der Waals surface area contributed by atoms with Gasteiger partial charge in [-0.3, -0.25) is 14.5 Å². The summed E-state index contributed by atoms with van der Waals surface area (Å²) in [5, 5.41) is 5.16. The van der Waals surface area contributed by atoms with Crippen LogP contribution < -0.4 is 0 Å². The lowest BCUT2D eigenvalue weighted by molar-refractivity contribution is 0.0992. The summed E-state index contributed by atoms with van der Waals surface area (Å²) >= 11 is 0. The third-order valence-electron chi connectivity index (χ3n) is 3.63. The number of aryl methyl sites for hydroxylation is 1. The summed E-state index contributed by atoms with van der Waals surface area (Å²) in [4.78, 5) is 16.7. The number of ketones is 1. The SMILES string of the molecule is Cc1c(C(=O)Cc2ccnc3ccccc23)cnn1C. The van der Waals surface area contributed by atoms with Gasteiger partial charge in [0.05, 0.1) is 17.3 Å². The van der Waals surface area contributed by atoms with Gasteiger partial charge in [-0.1, -0.05) is 18.2 Å². The Bertz CT molecular complexity index is 784. The Balaban J connectivity index is 1.97. The van der Waals surface area contributed by atoms with Gasteiger partial charge in [-0.25, -0.2) is 0 Å². The van der Waals surface area contributed by atoms with Crippen molar-refractivity contribution in [1.29, 1.82) is 0 Å². The summed E-state index contributed by atoms with van der Waals surface area (Å²) in [7, 11) is 1.84. The van der Waals surface area contributed by atoms with Crippen molar-refractivity contribution < 1.29 is 4.79 Å². The lowest BCUT2D eigenvalue weighted by Crippen LogP contribution is -2.06. The normalized spacial score (nSPS) is 10.9. The first kappa shape index (κ1) is 12.5. The fourth-order valence-electron chi connectivity index (χ4n) is 2.35. The van der Waals surface area contributed by atoms with Gasteiger partial charge >= 0.3 is 0 Å². The Hall–Kier alpha value is -2.49. The lowest BCUT2D eigenvalue weighted by Gasteiger charge is -2.05. The van der Waals surface area contributed by atoms with E-state index >= 15 is 0 Å². The Labute approximate surface area is 117 Å². The molecule has 0 aliphatic heterocycles. The molecule has 0 saturated heterocycles. The van der Waals surface area contributed by atoms with Crippen LogP contribution in [0.2, 0.25) is 0 Å². The molecular formula is C16H15N3O. The molecule has 0 bridgehead atoms. The molecule has 0 radical (unpaired) electrons. The summed E-state index contributed by atoms with van der Waals surface area (Å²) in [6.07, 6.45) is 3.76. The van der Waals surface area contributed by atoms with Crippen molar-refractivity contribution in [3.8, 4) is 0 Å². The number of aromatic nitrogens is 3. The van der Waals surface area contributed by atoms with E-state index in [2.05, 4.69) is 10.1 Å². The number of hydrogen-bond acceptors (Lipinski definition) is 3. The van der Waals surface area contributed by atoms with Crippen LogP contribution in [0.1, 0.15) is 21.6 Å². The Kier molecular flexibility index (Phi) is 3.06. The third-order valence-corrected chi connectivity index (χ3v) is 3.63. The maximum Gasteiger partial charge on any atom is 0.170 e. The Morgan fingerprint density at radius 1 is 1.25 bits per heavy atom. The average Bonchev–Trinajstić information content (AvgIpc) is 2.79. The molecule has 20 heavy (non-hydrogen) atoms. The van der Waals surface area contributed by atoms with Crippen LogP contribution in [0.5, 0.6) is 0 Å². The topological polar surface area (TPSA) is 47.8 Å². The minimum atomic E-state index is 0.0898. The maximum atomic E-state index is 12.4. The summed E-state index contributed by atoms with van der Waals surface area (Å²) in [6.45, 7) is 1.91. The minimum Gasteiger partial charge on any atom is -0.294 e. The van der Waals surface area contributed by atoms with E-state index in [9.17, 15) is 4.79 Å². The standard InChI is InChI=1S/C16H15N3O/c1-11-14(10-18-19(11)2)16(20)9-12-7-8-17-15-6-4-3-5-13(12)15/h3-8,10H,9H2,1-2H3. The fourth-order valence-corrected chi connectivity index (χ4v) is 2.35. The first-order chi connectivity index (χ1) is 9.66. The zero-order valence-corrected chi connectivity index (χ0v) is 11.5. The highest BCUT2D eigenvalue weighted by molar-refractivity contribution is 6.00. The Morgan fingerprint density at radius 2 is 2.05 bits per heavy atom. The number of benzene rings is 1. The summed E-state index contributed by atoms with van der Waals surface area (Å²) in [5.41, 5.74) is 3.51. The molecule has 3 aromatic rings. The number of rotatable bonds is 3. The highest BCUT2D eigenvalue weighted by atomic mass is 16.1. The number of fused-ring (bicyclic) bond motifs is 1. The fraction of sp³-hybridized carbons (Fsp3) is 0.188. The first-order valence-corrected chi connectivity index (χ1v) is 6.51. The zero-order chi connectivity index (χ0) is 14.1. The van der Waals surface area contributed by atoms with Crippen LogP contribution >= 0.6 is 0 Å². The van der Waals surface area contributed by atoms with E-state index < -0.39 is 0 Å². The molecule has 0 aliphatic rings. The van der Waals surface area contributed by atoms with Crippen molar-refractivity contribution in [2.45, 2.75) is 13.3 Å². The number of para-hydroxylation sites is 1. The van der Waals surface area contributed by atoms with Gasteiger partial charge in [-0.2, -0.15) is 5.10 Å². The molecule has 0 N–H and O–H groups in total. The quantitative estimate of drug-likeness (QED) is 0.684. The molecule has 1 aromatic carbocycles. The van der Waals surface area contributed by atoms with Gasteiger partial charge < -0.3 is 0 Å². The number of pyridine rings is 1. The van der Waals surface area contributed by atoms with Gasteiger partial charge in [-0.05, 0) is 24.6 Å². The minimum absolute atomic E-state index is 0.0898. The number of carbonyl (C=O) groups is 1. The van der Waals surface area contributed by atoms with Crippen LogP contribution in [-0.2, 0) is 13.5 Å². The van der Waals surface area contributed by atoms with Crippen LogP contribution in [0.3, 0.4) is 0 Å². The van der Waals surface area contributed by atoms with Gasteiger partial charge in [0, 0.05) is 30.7 Å². The largest absolute Gasteiger partial charge is 0.294 e. The highest BCUT2D eigenvalue weighted by Gasteiger charge is 2.14. The van der Waals surface area contributed by atoms with E-state index in [1.54, 1.807) is 17.1 Å². The van der Waals surface area contributed by atoms with Crippen molar-refractivity contribution in [3.63, 3.8) is 0 Å². The molecule has 0 fully saturated rings. The van der Waals surface area contributed by atoms with Gasteiger partial charge in [0.25, 0.3) is 0 Å². The van der Waals surface area contributed by atoms with Crippen molar-refractivity contribution in [1.82, 2.24) is 14.8 Å². The molecule has 0 saturated carbocycles. The molecular weight excluding hydrogens is 250 g/mol. The van der Waals surface area contributed by atoms with Crippen LogP contribution in [-0.4, -0.2) is 20.5 Å². The van der Waals surface area contributed by atoms with Crippen LogP contribution in [0, 0.1) is 6.92 Å². The van der Waals surface area contributed by atoms with Gasteiger partial charge in [-0.15, -0.1) is 0 Å². The molecule has 4 heteroatoms. The maximum absolute atomic E-state index is 12.4. The molecule has 4 nitrogen and oxygen atoms in total. The molecule has 2 aromatic heterocycles. The summed E-state index contributed by atoms with van der Waals surface area (Å²) in [6, 6.07) is 9.78. The van der Waals surface area contributed by atoms with E-state index in [4.69, 9.17) is 0 Å². The van der Waals surface area contributed by atoms with E-state index in [1.165, 1.54) is 0 Å². The molecule has 0 amide bonds. The number of nitrogens with zero attached hydrogens (tertiary/aromatic N) is 3. The van der Waals surface area contributed by atoms with Crippen LogP contribution in [0.25, 0.3) is 10.9 Å². The molecule has 0 spiro atoms. The molecule has 0 atom stereocenters. The van der Waals surface area contributed by atoms with E-state index in [0.717, 1.165) is 22.2 Å². The van der Waals surface area contributed by atoms with Crippen molar-refractivity contribution in [2.75, 3.05) is 0 Å². The summed E-state index contributed by atoms with van der Waals surface area (Å²) in [5.74, 6) is 0.0898. The Morgan fingerprint density at radius 3 is 2.80 bits per heavy atom. The van der Waals surface area contributed by atoms with E-state index in [0.29, 0.717) is 12.0 Å². The van der Waals surface area contributed by atoms with E-state index in [1.807, 2.05) is 44.3 Å². The second kappa shape index (κ2) is 4.89. The second-order valence-corrected chi connectivity index (χ2v) is 4.85. The first-order valence-electron chi connectivity index (χ1n) is 6.51. The smallest absolute Gasteiger partial charge is 0.170 e. The van der Waals surface area contributed by atoms with Gasteiger partial charge in [0.2, 0.25) is 0 Å². The molecule has 3 rings (SSSR count). The molecule has 0 aliphatic carbocycles. The van der Waals surface area contributed by atoms with Gasteiger partial charge in [0.1, 0.15) is 0 Å². The predicted molar refractivity (Wildman–Crippen MR) is 77.7 cm³/mol. The third kappa shape index (κ3) is 2.09. The highest BCUT2D eigenvalue weighted by Crippen LogP contribution is 2.19. The second-order valence-electron chi connectivity index (χ2n) is 4.85. The average molecular weight is 265 g/mol. The van der Waals surface area contributed by atoms with Crippen molar-refractivity contribution in [2.24, 2.45) is 7.05 Å².